The molecule has 0 saturated heterocycles. The van der Waals surface area contributed by atoms with Crippen molar-refractivity contribution in [3.8, 4) is 66.8 Å². The molecule has 0 aliphatic heterocycles. The molecule has 0 aliphatic rings. The van der Waals surface area contributed by atoms with E-state index in [0.29, 0.717) is 11.4 Å². The lowest BCUT2D eigenvalue weighted by Gasteiger charge is -2.26. The summed E-state index contributed by atoms with van der Waals surface area (Å²) in [5.41, 5.74) is 10.5. The lowest BCUT2D eigenvalue weighted by molar-refractivity contribution is 1.28. The van der Waals surface area contributed by atoms with Gasteiger partial charge in [-0.3, -0.25) is 0 Å². The highest BCUT2D eigenvalue weighted by atomic mass is 15.1. The molecule has 10 aromatic carbocycles. The summed E-state index contributed by atoms with van der Waals surface area (Å²) < 4.78 is 79.5. The third-order valence-corrected chi connectivity index (χ3v) is 10.6. The topological polar surface area (TPSA) is 3.24 Å². The molecule has 10 aromatic rings. The standard InChI is InChI=1S/C58H41N/c1-4-13-42(14-5-1)46-25-31-56(32-26-46)59(57-33-27-47(28-34-57)50-21-12-22-51(37-50)52-24-23-45-19-10-11-20-49(45)38-52)58-35-29-48(30-36-58)55-40-53(43-15-6-2-7-16-43)39-54(41-55)44-17-8-3-9-18-44/h1-41H/i1D,4D,5D,13D,14D,25D,26D,31D,32D. The van der Waals surface area contributed by atoms with Crippen molar-refractivity contribution in [3.63, 3.8) is 0 Å². The van der Waals surface area contributed by atoms with Crippen LogP contribution in [0.4, 0.5) is 17.1 Å². The molecule has 0 saturated carbocycles. The Bertz CT molecular complexity index is 3420. The quantitative estimate of drug-likeness (QED) is 0.142. The Kier molecular flexibility index (Phi) is 7.33. The van der Waals surface area contributed by atoms with Crippen molar-refractivity contribution in [1.82, 2.24) is 0 Å². The molecule has 278 valence electrons. The fourth-order valence-electron chi connectivity index (χ4n) is 7.57. The Balaban J connectivity index is 1.10. The number of anilines is 3. The molecule has 0 fully saturated rings. The summed E-state index contributed by atoms with van der Waals surface area (Å²) >= 11 is 0. The Morgan fingerprint density at radius 1 is 0.237 bits per heavy atom. The first-order chi connectivity index (χ1) is 33.0. The van der Waals surface area contributed by atoms with E-state index >= 15 is 0 Å². The zero-order valence-corrected chi connectivity index (χ0v) is 31.9. The van der Waals surface area contributed by atoms with E-state index in [2.05, 4.69) is 84.9 Å². The van der Waals surface area contributed by atoms with Gasteiger partial charge in [-0.05, 0) is 144 Å². The third kappa shape index (κ3) is 7.58. The molecule has 0 unspecified atom stereocenters. The van der Waals surface area contributed by atoms with Crippen LogP contribution >= 0.6 is 0 Å². The van der Waals surface area contributed by atoms with Crippen LogP contribution in [0, 0.1) is 0 Å². The largest absolute Gasteiger partial charge is 0.311 e. The van der Waals surface area contributed by atoms with Crippen molar-refractivity contribution < 1.29 is 12.3 Å². The van der Waals surface area contributed by atoms with Gasteiger partial charge in [-0.1, -0.05) is 182 Å². The van der Waals surface area contributed by atoms with Gasteiger partial charge in [0.05, 0.1) is 12.3 Å². The van der Waals surface area contributed by atoms with E-state index < -0.39 is 59.9 Å². The zero-order chi connectivity index (χ0) is 47.2. The fraction of sp³-hybridized carbons (Fsp3) is 0. The van der Waals surface area contributed by atoms with Gasteiger partial charge < -0.3 is 4.90 Å². The molecule has 59 heavy (non-hydrogen) atoms. The first kappa shape index (κ1) is 27.0. The molecule has 0 amide bonds. The first-order valence-corrected chi connectivity index (χ1v) is 19.5. The minimum absolute atomic E-state index is 0.0626. The first-order valence-electron chi connectivity index (χ1n) is 24.0. The maximum absolute atomic E-state index is 9.48. The second kappa shape index (κ2) is 16.0. The number of benzene rings is 10. The van der Waals surface area contributed by atoms with Gasteiger partial charge in [0, 0.05) is 17.1 Å². The molecule has 0 atom stereocenters. The van der Waals surface area contributed by atoms with Gasteiger partial charge in [0.25, 0.3) is 0 Å². The summed E-state index contributed by atoms with van der Waals surface area (Å²) in [5.74, 6) is 0. The summed E-state index contributed by atoms with van der Waals surface area (Å²) in [6.07, 6.45) is 0. The monoisotopic (exact) mass is 760 g/mol. The zero-order valence-electron chi connectivity index (χ0n) is 40.9. The minimum Gasteiger partial charge on any atom is -0.311 e. The predicted octanol–water partition coefficient (Wildman–Crippen LogP) is 16.3. The Morgan fingerprint density at radius 2 is 0.644 bits per heavy atom. The van der Waals surface area contributed by atoms with E-state index in [4.69, 9.17) is 6.85 Å². The maximum atomic E-state index is 9.48. The molecule has 0 heterocycles. The van der Waals surface area contributed by atoms with Crippen molar-refractivity contribution in [3.05, 3.63) is 249 Å². The van der Waals surface area contributed by atoms with Crippen LogP contribution in [0.25, 0.3) is 77.5 Å². The highest BCUT2D eigenvalue weighted by molar-refractivity contribution is 5.89. The van der Waals surface area contributed by atoms with E-state index in [0.717, 1.165) is 61.0 Å². The van der Waals surface area contributed by atoms with Gasteiger partial charge in [0.15, 0.2) is 0 Å². The average molecular weight is 761 g/mol. The normalized spacial score (nSPS) is 13.2. The summed E-state index contributed by atoms with van der Waals surface area (Å²) in [6, 6.07) is 60.3. The van der Waals surface area contributed by atoms with Gasteiger partial charge >= 0.3 is 0 Å². The van der Waals surface area contributed by atoms with Gasteiger partial charge in [-0.2, -0.15) is 0 Å². The van der Waals surface area contributed by atoms with Crippen LogP contribution in [0.5, 0.6) is 0 Å². The Morgan fingerprint density at radius 3 is 1.22 bits per heavy atom. The van der Waals surface area contributed by atoms with E-state index in [9.17, 15) is 5.48 Å². The van der Waals surface area contributed by atoms with Crippen molar-refractivity contribution in [1.29, 1.82) is 0 Å². The second-order valence-corrected chi connectivity index (χ2v) is 14.3. The van der Waals surface area contributed by atoms with Crippen molar-refractivity contribution >= 4 is 27.8 Å². The average Bonchev–Trinajstić information content (AvgIpc) is 3.39. The molecule has 0 aliphatic carbocycles. The van der Waals surface area contributed by atoms with Crippen LogP contribution < -0.4 is 4.90 Å². The third-order valence-electron chi connectivity index (χ3n) is 10.6. The van der Waals surface area contributed by atoms with Gasteiger partial charge in [-0.25, -0.2) is 0 Å². The van der Waals surface area contributed by atoms with Crippen LogP contribution in [0.1, 0.15) is 12.3 Å². The van der Waals surface area contributed by atoms with E-state index in [1.165, 1.54) is 5.39 Å². The molecular weight excluding hydrogens is 711 g/mol. The van der Waals surface area contributed by atoms with Crippen LogP contribution in [0.3, 0.4) is 0 Å². The summed E-state index contributed by atoms with van der Waals surface area (Å²) in [4.78, 5) is 1.68. The van der Waals surface area contributed by atoms with E-state index in [-0.39, 0.29) is 11.3 Å². The smallest absolute Gasteiger partial charge is 0.0645 e. The van der Waals surface area contributed by atoms with Crippen LogP contribution in [0.2, 0.25) is 0 Å². The second-order valence-electron chi connectivity index (χ2n) is 14.3. The Labute approximate surface area is 359 Å². The number of hydrogen-bond acceptors (Lipinski definition) is 1. The lowest BCUT2D eigenvalue weighted by atomic mass is 9.93. The van der Waals surface area contributed by atoms with Crippen molar-refractivity contribution in [2.75, 3.05) is 4.90 Å². The molecule has 1 nitrogen and oxygen atoms in total. The van der Waals surface area contributed by atoms with E-state index in [1.807, 2.05) is 109 Å². The maximum Gasteiger partial charge on any atom is 0.0645 e. The molecule has 0 radical (unpaired) electrons. The number of rotatable bonds is 9. The lowest BCUT2D eigenvalue weighted by Crippen LogP contribution is -2.09. The van der Waals surface area contributed by atoms with Crippen molar-refractivity contribution in [2.24, 2.45) is 0 Å². The van der Waals surface area contributed by atoms with E-state index in [1.54, 1.807) is 4.90 Å². The molecule has 0 N–H and O–H groups in total. The number of hydrogen-bond donors (Lipinski definition) is 0. The van der Waals surface area contributed by atoms with Crippen molar-refractivity contribution in [2.45, 2.75) is 0 Å². The summed E-state index contributed by atoms with van der Waals surface area (Å²) in [6.45, 7) is 0. The molecule has 10 rings (SSSR count). The summed E-state index contributed by atoms with van der Waals surface area (Å²) in [5, 5.41) is 2.32. The van der Waals surface area contributed by atoms with Crippen LogP contribution in [0.15, 0.2) is 249 Å². The Hall–Kier alpha value is -7.74. The highest BCUT2D eigenvalue weighted by Gasteiger charge is 2.15. The van der Waals surface area contributed by atoms with Gasteiger partial charge in [-0.15, -0.1) is 0 Å². The molecule has 1 heteroatoms. The van der Waals surface area contributed by atoms with Crippen LogP contribution in [-0.2, 0) is 0 Å². The molecule has 0 bridgehead atoms. The SMILES string of the molecule is [2H]c1c([2H])c([2H])c(-c2c([2H])c([2H])c(N(c3ccc(-c4cccc(-c5ccc6ccccc6c5)c4)cc3)c3ccc(-c4cc(-c5ccccc5)cc(-c5ccccc5)c4)cc3)c([2H])c2[2H])c([2H])c1[2H]. The van der Waals surface area contributed by atoms with Gasteiger partial charge in [0.1, 0.15) is 0 Å². The fourth-order valence-corrected chi connectivity index (χ4v) is 7.57. The molecule has 0 spiro atoms. The number of fused-ring (bicyclic) bond motifs is 1. The molecule has 0 aromatic heterocycles. The summed E-state index contributed by atoms with van der Waals surface area (Å²) in [7, 11) is 0. The predicted molar refractivity (Wildman–Crippen MR) is 251 cm³/mol. The van der Waals surface area contributed by atoms with Crippen LogP contribution in [-0.4, -0.2) is 0 Å². The highest BCUT2D eigenvalue weighted by Crippen LogP contribution is 2.39. The van der Waals surface area contributed by atoms with Gasteiger partial charge in [0.2, 0.25) is 0 Å². The minimum atomic E-state index is -0.628. The number of nitrogens with zero attached hydrogens (tertiary/aromatic N) is 1. The molecular formula is C58H41N.